The van der Waals surface area contributed by atoms with Crippen molar-refractivity contribution in [1.29, 1.82) is 0 Å². The summed E-state index contributed by atoms with van der Waals surface area (Å²) in [6.07, 6.45) is 2.97. The molecule has 0 bridgehead atoms. The van der Waals surface area contributed by atoms with Crippen LogP contribution < -0.4 is 4.74 Å². The Kier molecular flexibility index (Phi) is 3.66. The van der Waals surface area contributed by atoms with Crippen LogP contribution in [0.15, 0.2) is 53.3 Å². The molecule has 4 nitrogen and oxygen atoms in total. The number of ketones is 1. The highest BCUT2D eigenvalue weighted by atomic mass is 79.9. The Labute approximate surface area is 129 Å². The van der Waals surface area contributed by atoms with Crippen LogP contribution in [0.3, 0.4) is 0 Å². The SMILES string of the molecule is COc1nccnc1C(=O)c1ccc2cc(Br)ccc2c1. The van der Waals surface area contributed by atoms with E-state index in [2.05, 4.69) is 25.9 Å². The zero-order valence-corrected chi connectivity index (χ0v) is 12.8. The maximum atomic E-state index is 12.5. The first-order chi connectivity index (χ1) is 10.2. The fraction of sp³-hybridized carbons (Fsp3) is 0.0625. The topological polar surface area (TPSA) is 52.1 Å². The average molecular weight is 343 g/mol. The van der Waals surface area contributed by atoms with Crippen LogP contribution >= 0.6 is 15.9 Å². The number of hydrogen-bond donors (Lipinski definition) is 0. The van der Waals surface area contributed by atoms with Gasteiger partial charge in [0.05, 0.1) is 7.11 Å². The van der Waals surface area contributed by atoms with Gasteiger partial charge in [-0.2, -0.15) is 0 Å². The molecule has 1 heterocycles. The second-order valence-electron chi connectivity index (χ2n) is 4.45. The van der Waals surface area contributed by atoms with Crippen LogP contribution in [0.2, 0.25) is 0 Å². The second kappa shape index (κ2) is 5.61. The van der Waals surface area contributed by atoms with Crippen molar-refractivity contribution in [3.63, 3.8) is 0 Å². The number of ether oxygens (including phenoxy) is 1. The molecule has 0 aliphatic carbocycles. The third kappa shape index (κ3) is 2.64. The van der Waals surface area contributed by atoms with Gasteiger partial charge >= 0.3 is 0 Å². The van der Waals surface area contributed by atoms with Crippen LogP contribution in [0.5, 0.6) is 5.88 Å². The third-order valence-corrected chi connectivity index (χ3v) is 3.63. The minimum absolute atomic E-state index is 0.204. The molecule has 2 aromatic carbocycles. The number of nitrogens with zero attached hydrogens (tertiary/aromatic N) is 2. The van der Waals surface area contributed by atoms with Crippen LogP contribution in [-0.4, -0.2) is 22.9 Å². The van der Waals surface area contributed by atoms with E-state index in [1.807, 2.05) is 30.3 Å². The van der Waals surface area contributed by atoms with Gasteiger partial charge in [-0.3, -0.25) is 4.79 Å². The van der Waals surface area contributed by atoms with Gasteiger partial charge in [-0.05, 0) is 29.0 Å². The molecule has 3 aromatic rings. The molecule has 0 unspecified atom stereocenters. The number of halogens is 1. The van der Waals surface area contributed by atoms with Crippen LogP contribution in [0, 0.1) is 0 Å². The molecule has 1 aromatic heterocycles. The summed E-state index contributed by atoms with van der Waals surface area (Å²) in [6, 6.07) is 11.5. The fourth-order valence-corrected chi connectivity index (χ4v) is 2.50. The average Bonchev–Trinajstić information content (AvgIpc) is 2.53. The van der Waals surface area contributed by atoms with Crippen molar-refractivity contribution in [2.24, 2.45) is 0 Å². The molecule has 0 fully saturated rings. The number of aromatic nitrogens is 2. The second-order valence-corrected chi connectivity index (χ2v) is 5.37. The van der Waals surface area contributed by atoms with Gasteiger partial charge in [0.25, 0.3) is 0 Å². The molecule has 3 rings (SSSR count). The van der Waals surface area contributed by atoms with Crippen LogP contribution in [0.4, 0.5) is 0 Å². The number of hydrogen-bond acceptors (Lipinski definition) is 4. The van der Waals surface area contributed by atoms with E-state index in [-0.39, 0.29) is 17.4 Å². The van der Waals surface area contributed by atoms with E-state index in [0.29, 0.717) is 5.56 Å². The van der Waals surface area contributed by atoms with Crippen molar-refractivity contribution in [2.45, 2.75) is 0 Å². The van der Waals surface area contributed by atoms with Crippen molar-refractivity contribution in [3.05, 3.63) is 64.5 Å². The van der Waals surface area contributed by atoms with Crippen molar-refractivity contribution in [1.82, 2.24) is 9.97 Å². The lowest BCUT2D eigenvalue weighted by atomic mass is 10.0. The van der Waals surface area contributed by atoms with Crippen molar-refractivity contribution < 1.29 is 9.53 Å². The summed E-state index contributed by atoms with van der Waals surface area (Å²) in [7, 11) is 1.47. The lowest BCUT2D eigenvalue weighted by molar-refractivity contribution is 0.103. The third-order valence-electron chi connectivity index (χ3n) is 3.14. The Morgan fingerprint density at radius 1 is 1.05 bits per heavy atom. The first-order valence-corrected chi connectivity index (χ1v) is 7.07. The summed E-state index contributed by atoms with van der Waals surface area (Å²) in [5, 5.41) is 2.05. The minimum atomic E-state index is -0.204. The fourth-order valence-electron chi connectivity index (χ4n) is 2.12. The van der Waals surface area contributed by atoms with Gasteiger partial charge in [0.1, 0.15) is 0 Å². The molecule has 0 spiro atoms. The molecule has 0 aliphatic rings. The number of methoxy groups -OCH3 is 1. The van der Waals surface area contributed by atoms with E-state index in [9.17, 15) is 4.79 Å². The first-order valence-electron chi connectivity index (χ1n) is 6.28. The van der Waals surface area contributed by atoms with Crippen molar-refractivity contribution in [3.8, 4) is 5.88 Å². The Morgan fingerprint density at radius 2 is 1.76 bits per heavy atom. The Hall–Kier alpha value is -2.27. The highest BCUT2D eigenvalue weighted by Gasteiger charge is 2.17. The van der Waals surface area contributed by atoms with E-state index in [0.717, 1.165) is 15.2 Å². The van der Waals surface area contributed by atoms with E-state index in [1.54, 1.807) is 6.07 Å². The maximum Gasteiger partial charge on any atom is 0.243 e. The predicted octanol–water partition coefficient (Wildman–Crippen LogP) is 3.63. The smallest absolute Gasteiger partial charge is 0.243 e. The molecule has 5 heteroatoms. The maximum absolute atomic E-state index is 12.5. The normalized spacial score (nSPS) is 10.6. The number of rotatable bonds is 3. The highest BCUT2D eigenvalue weighted by Crippen LogP contribution is 2.23. The minimum Gasteiger partial charge on any atom is -0.479 e. The van der Waals surface area contributed by atoms with E-state index >= 15 is 0 Å². The molecule has 0 radical (unpaired) electrons. The van der Waals surface area contributed by atoms with Crippen LogP contribution in [0.25, 0.3) is 10.8 Å². The highest BCUT2D eigenvalue weighted by molar-refractivity contribution is 9.10. The Bertz CT molecular complexity index is 833. The lowest BCUT2D eigenvalue weighted by Crippen LogP contribution is -2.07. The monoisotopic (exact) mass is 342 g/mol. The molecule has 104 valence electrons. The number of carbonyl (C=O) groups is 1. The van der Waals surface area contributed by atoms with Gasteiger partial charge in [-0.25, -0.2) is 9.97 Å². The molecule has 0 aliphatic heterocycles. The predicted molar refractivity (Wildman–Crippen MR) is 83.7 cm³/mol. The van der Waals surface area contributed by atoms with E-state index < -0.39 is 0 Å². The summed E-state index contributed by atoms with van der Waals surface area (Å²) in [5.74, 6) is 0.0307. The molecule has 0 amide bonds. The van der Waals surface area contributed by atoms with E-state index in [1.165, 1.54) is 19.5 Å². The van der Waals surface area contributed by atoms with Gasteiger partial charge in [0.15, 0.2) is 5.69 Å². The standard InChI is InChI=1S/C16H11BrN2O2/c1-21-16-14(18-6-7-19-16)15(20)12-3-2-11-9-13(17)5-4-10(11)8-12/h2-9H,1H3. The largest absolute Gasteiger partial charge is 0.479 e. The number of fused-ring (bicyclic) bond motifs is 1. The summed E-state index contributed by atoms with van der Waals surface area (Å²) in [6.45, 7) is 0. The van der Waals surface area contributed by atoms with Gasteiger partial charge in [0, 0.05) is 22.4 Å². The molecule has 0 atom stereocenters. The molecule has 0 saturated heterocycles. The molecule has 0 saturated carbocycles. The molecular weight excluding hydrogens is 332 g/mol. The van der Waals surface area contributed by atoms with Gasteiger partial charge in [-0.15, -0.1) is 0 Å². The summed E-state index contributed by atoms with van der Waals surface area (Å²) >= 11 is 3.43. The van der Waals surface area contributed by atoms with Crippen molar-refractivity contribution in [2.75, 3.05) is 7.11 Å². The van der Waals surface area contributed by atoms with Gasteiger partial charge in [-0.1, -0.05) is 34.1 Å². The lowest BCUT2D eigenvalue weighted by Gasteiger charge is -2.06. The molecular formula is C16H11BrN2O2. The first kappa shape index (κ1) is 13.7. The van der Waals surface area contributed by atoms with Gasteiger partial charge < -0.3 is 4.74 Å². The number of carbonyl (C=O) groups excluding carboxylic acids is 1. The Balaban J connectivity index is 2.07. The summed E-state index contributed by atoms with van der Waals surface area (Å²) < 4.78 is 6.09. The summed E-state index contributed by atoms with van der Waals surface area (Å²) in [5.41, 5.74) is 0.778. The molecule has 21 heavy (non-hydrogen) atoms. The van der Waals surface area contributed by atoms with E-state index in [4.69, 9.17) is 4.74 Å². The Morgan fingerprint density at radius 3 is 2.57 bits per heavy atom. The zero-order chi connectivity index (χ0) is 14.8. The zero-order valence-electron chi connectivity index (χ0n) is 11.2. The summed E-state index contributed by atoms with van der Waals surface area (Å²) in [4.78, 5) is 20.6. The van der Waals surface area contributed by atoms with Crippen molar-refractivity contribution >= 4 is 32.5 Å². The number of benzene rings is 2. The molecule has 0 N–H and O–H groups in total. The van der Waals surface area contributed by atoms with Gasteiger partial charge in [0.2, 0.25) is 11.7 Å². The van der Waals surface area contributed by atoms with Crippen LogP contribution in [-0.2, 0) is 0 Å². The quantitative estimate of drug-likeness (QED) is 0.682. The van der Waals surface area contributed by atoms with Crippen LogP contribution in [0.1, 0.15) is 16.1 Å².